The van der Waals surface area contributed by atoms with Crippen LogP contribution in [0.5, 0.6) is 0 Å². The highest BCUT2D eigenvalue weighted by atomic mass is 16.2. The summed E-state index contributed by atoms with van der Waals surface area (Å²) < 4.78 is 0. The van der Waals surface area contributed by atoms with E-state index in [1.807, 2.05) is 35.2 Å². The lowest BCUT2D eigenvalue weighted by atomic mass is 9.94. The van der Waals surface area contributed by atoms with Crippen LogP contribution in [0.3, 0.4) is 0 Å². The zero-order valence-corrected chi connectivity index (χ0v) is 18.2. The van der Waals surface area contributed by atoms with Gasteiger partial charge in [0.25, 0.3) is 0 Å². The van der Waals surface area contributed by atoms with Gasteiger partial charge in [0.05, 0.1) is 5.92 Å². The van der Waals surface area contributed by atoms with Crippen LogP contribution in [0.1, 0.15) is 51.4 Å². The zero-order valence-electron chi connectivity index (χ0n) is 18.2. The maximum Gasteiger partial charge on any atom is 0.228 e. The summed E-state index contributed by atoms with van der Waals surface area (Å²) in [6, 6.07) is 9.53. The molecule has 6 heteroatoms. The lowest BCUT2D eigenvalue weighted by Gasteiger charge is -2.33. The predicted octanol–water partition coefficient (Wildman–Crippen LogP) is 3.28. The summed E-state index contributed by atoms with van der Waals surface area (Å²) in [4.78, 5) is 41.5. The van der Waals surface area contributed by atoms with Gasteiger partial charge in [0.15, 0.2) is 0 Å². The van der Waals surface area contributed by atoms with Crippen LogP contribution < -0.4 is 10.2 Å². The van der Waals surface area contributed by atoms with E-state index in [0.29, 0.717) is 39.0 Å². The second-order valence-corrected chi connectivity index (χ2v) is 8.99. The number of para-hydroxylation sites is 1. The smallest absolute Gasteiger partial charge is 0.228 e. The maximum absolute atomic E-state index is 13.0. The quantitative estimate of drug-likeness (QED) is 0.714. The SMILES string of the molecule is O=C(NCCC1=CCCCC1)C1CCN(C(=O)[C@H]2CC(=O)N(c3ccccc3)C2)CC1. The summed E-state index contributed by atoms with van der Waals surface area (Å²) >= 11 is 0. The minimum Gasteiger partial charge on any atom is -0.356 e. The lowest BCUT2D eigenvalue weighted by molar-refractivity contribution is -0.139. The molecule has 0 saturated carbocycles. The van der Waals surface area contributed by atoms with Crippen LogP contribution in [0.15, 0.2) is 42.0 Å². The third kappa shape index (κ3) is 5.35. The maximum atomic E-state index is 13.0. The number of carbonyl (C=O) groups excluding carboxylic acids is 3. The molecule has 4 rings (SSSR count). The van der Waals surface area contributed by atoms with Gasteiger partial charge in [-0.3, -0.25) is 14.4 Å². The highest BCUT2D eigenvalue weighted by Crippen LogP contribution is 2.28. The van der Waals surface area contributed by atoms with Gasteiger partial charge < -0.3 is 15.1 Å². The minimum atomic E-state index is -0.290. The summed E-state index contributed by atoms with van der Waals surface area (Å²) in [7, 11) is 0. The topological polar surface area (TPSA) is 69.7 Å². The van der Waals surface area contributed by atoms with Crippen LogP contribution in [-0.4, -0.2) is 48.8 Å². The summed E-state index contributed by atoms with van der Waals surface area (Å²) in [5.74, 6) is -0.131. The Balaban J connectivity index is 1.21. The van der Waals surface area contributed by atoms with Crippen molar-refractivity contribution in [3.63, 3.8) is 0 Å². The molecule has 3 aliphatic rings. The van der Waals surface area contributed by atoms with Crippen LogP contribution in [0.25, 0.3) is 0 Å². The first-order valence-electron chi connectivity index (χ1n) is 11.7. The molecule has 1 aliphatic carbocycles. The van der Waals surface area contributed by atoms with E-state index in [2.05, 4.69) is 11.4 Å². The van der Waals surface area contributed by atoms with E-state index in [1.54, 1.807) is 4.90 Å². The molecular formula is C25H33N3O3. The molecule has 2 fully saturated rings. The Morgan fingerprint density at radius 1 is 1.03 bits per heavy atom. The highest BCUT2D eigenvalue weighted by molar-refractivity contribution is 6.00. The lowest BCUT2D eigenvalue weighted by Crippen LogP contribution is -2.45. The number of hydrogen-bond donors (Lipinski definition) is 1. The number of piperidine rings is 1. The van der Waals surface area contributed by atoms with Crippen molar-refractivity contribution >= 4 is 23.4 Å². The molecule has 166 valence electrons. The molecule has 3 amide bonds. The number of allylic oxidation sites excluding steroid dienone is 1. The summed E-state index contributed by atoms with van der Waals surface area (Å²) in [5.41, 5.74) is 2.32. The molecule has 0 unspecified atom stereocenters. The van der Waals surface area contributed by atoms with E-state index in [9.17, 15) is 14.4 Å². The third-order valence-corrected chi connectivity index (χ3v) is 6.85. The van der Waals surface area contributed by atoms with Crippen molar-refractivity contribution in [3.05, 3.63) is 42.0 Å². The van der Waals surface area contributed by atoms with Crippen LogP contribution >= 0.6 is 0 Å². The number of hydrogen-bond acceptors (Lipinski definition) is 3. The van der Waals surface area contributed by atoms with Gasteiger partial charge in [0.1, 0.15) is 0 Å². The second kappa shape index (κ2) is 10.1. The molecule has 0 radical (unpaired) electrons. The fourth-order valence-electron chi connectivity index (χ4n) is 4.97. The van der Waals surface area contributed by atoms with E-state index in [4.69, 9.17) is 0 Å². The monoisotopic (exact) mass is 423 g/mol. The van der Waals surface area contributed by atoms with Gasteiger partial charge in [0.2, 0.25) is 17.7 Å². The summed E-state index contributed by atoms with van der Waals surface area (Å²) in [6.07, 6.45) is 9.83. The minimum absolute atomic E-state index is 0.00638. The number of rotatable bonds is 6. The van der Waals surface area contributed by atoms with Gasteiger partial charge in [0, 0.05) is 44.2 Å². The Kier molecular flexibility index (Phi) is 7.05. The number of benzene rings is 1. The van der Waals surface area contributed by atoms with Crippen molar-refractivity contribution in [3.8, 4) is 0 Å². The number of amides is 3. The first-order valence-corrected chi connectivity index (χ1v) is 11.7. The Hall–Kier alpha value is -2.63. The number of nitrogens with one attached hydrogen (secondary N) is 1. The second-order valence-electron chi connectivity index (χ2n) is 8.99. The van der Waals surface area contributed by atoms with Gasteiger partial charge in [-0.1, -0.05) is 29.8 Å². The summed E-state index contributed by atoms with van der Waals surface area (Å²) in [6.45, 7) is 2.34. The van der Waals surface area contributed by atoms with Crippen LogP contribution in [0.2, 0.25) is 0 Å². The summed E-state index contributed by atoms with van der Waals surface area (Å²) in [5, 5.41) is 3.09. The molecule has 6 nitrogen and oxygen atoms in total. The molecule has 0 bridgehead atoms. The largest absolute Gasteiger partial charge is 0.356 e. The van der Waals surface area contributed by atoms with Crippen LogP contribution in [0, 0.1) is 11.8 Å². The number of anilines is 1. The Bertz CT molecular complexity index is 828. The van der Waals surface area contributed by atoms with Gasteiger partial charge in [-0.2, -0.15) is 0 Å². The van der Waals surface area contributed by atoms with Gasteiger partial charge >= 0.3 is 0 Å². The molecule has 1 aromatic rings. The van der Waals surface area contributed by atoms with Crippen molar-refractivity contribution in [1.82, 2.24) is 10.2 Å². The van der Waals surface area contributed by atoms with E-state index in [-0.39, 0.29) is 36.0 Å². The van der Waals surface area contributed by atoms with Crippen LogP contribution in [0.4, 0.5) is 5.69 Å². The van der Waals surface area contributed by atoms with Gasteiger partial charge in [-0.25, -0.2) is 0 Å². The van der Waals surface area contributed by atoms with Crippen molar-refractivity contribution in [2.24, 2.45) is 11.8 Å². The average molecular weight is 424 g/mol. The molecule has 1 atom stereocenters. The van der Waals surface area contributed by atoms with Gasteiger partial charge in [-0.15, -0.1) is 0 Å². The molecule has 0 spiro atoms. The Labute approximate surface area is 184 Å². The van der Waals surface area contributed by atoms with Crippen molar-refractivity contribution in [1.29, 1.82) is 0 Å². The normalized spacial score (nSPS) is 22.4. The van der Waals surface area contributed by atoms with E-state index in [1.165, 1.54) is 31.3 Å². The highest BCUT2D eigenvalue weighted by Gasteiger charge is 2.38. The molecule has 0 aromatic heterocycles. The predicted molar refractivity (Wildman–Crippen MR) is 120 cm³/mol. The number of carbonyl (C=O) groups is 3. The van der Waals surface area contributed by atoms with E-state index in [0.717, 1.165) is 12.1 Å². The van der Waals surface area contributed by atoms with Crippen molar-refractivity contribution in [2.75, 3.05) is 31.1 Å². The third-order valence-electron chi connectivity index (χ3n) is 6.85. The zero-order chi connectivity index (χ0) is 21.6. The van der Waals surface area contributed by atoms with E-state index < -0.39 is 0 Å². The van der Waals surface area contributed by atoms with Gasteiger partial charge in [-0.05, 0) is 57.1 Å². The average Bonchev–Trinajstić information content (AvgIpc) is 3.21. The number of likely N-dealkylation sites (tertiary alicyclic amines) is 1. The molecule has 2 heterocycles. The first kappa shape index (κ1) is 21.6. The molecule has 1 N–H and O–H groups in total. The fraction of sp³-hybridized carbons (Fsp3) is 0.560. The first-order chi connectivity index (χ1) is 15.1. The van der Waals surface area contributed by atoms with E-state index >= 15 is 0 Å². The molecule has 2 aliphatic heterocycles. The molecule has 1 aromatic carbocycles. The Morgan fingerprint density at radius 3 is 2.52 bits per heavy atom. The fourth-order valence-corrected chi connectivity index (χ4v) is 4.97. The standard InChI is InChI=1S/C25H33N3O3/c29-23-17-21(18-28(23)22-9-5-2-6-10-22)25(31)27-15-12-20(13-16-27)24(30)26-14-11-19-7-3-1-4-8-19/h2,5-7,9-10,20-21H,1,3-4,8,11-18H2,(H,26,30)/t21-/m0/s1. The Morgan fingerprint density at radius 2 is 1.81 bits per heavy atom. The van der Waals surface area contributed by atoms with Crippen molar-refractivity contribution in [2.45, 2.75) is 51.4 Å². The van der Waals surface area contributed by atoms with Crippen LogP contribution in [-0.2, 0) is 14.4 Å². The molecule has 31 heavy (non-hydrogen) atoms. The molecule has 2 saturated heterocycles. The molecular weight excluding hydrogens is 390 g/mol. The van der Waals surface area contributed by atoms with Crippen molar-refractivity contribution < 1.29 is 14.4 Å². The number of nitrogens with zero attached hydrogens (tertiary/aromatic N) is 2.